The Morgan fingerprint density at radius 2 is 1.90 bits per heavy atom. The van der Waals surface area contributed by atoms with Crippen molar-refractivity contribution in [3.05, 3.63) is 48.2 Å². The first-order chi connectivity index (χ1) is 19.2. The number of rotatable bonds is 10. The molecule has 5 heterocycles. The van der Waals surface area contributed by atoms with Gasteiger partial charge in [-0.1, -0.05) is 0 Å². The maximum absolute atomic E-state index is 11.4. The number of nitrogens with zero attached hydrogens (tertiary/aromatic N) is 7. The van der Waals surface area contributed by atoms with Gasteiger partial charge in [-0.2, -0.15) is 10.1 Å². The number of hydrogen-bond acceptors (Lipinski definition) is 10. The van der Waals surface area contributed by atoms with Gasteiger partial charge in [0.05, 0.1) is 40.5 Å². The highest BCUT2D eigenvalue weighted by molar-refractivity contribution is 5.90. The number of hydrogen-bond donors (Lipinski definition) is 4. The molecule has 4 aromatic heterocycles. The van der Waals surface area contributed by atoms with Crippen LogP contribution < -0.4 is 21.3 Å². The molecule has 1 aliphatic rings. The molecule has 12 heteroatoms. The molecule has 12 nitrogen and oxygen atoms in total. The third kappa shape index (κ3) is 6.35. The van der Waals surface area contributed by atoms with E-state index in [-0.39, 0.29) is 5.91 Å². The lowest BCUT2D eigenvalue weighted by atomic mass is 10.0. The summed E-state index contributed by atoms with van der Waals surface area (Å²) in [5, 5.41) is 18.3. The SMILES string of the molecule is CC(=O)Nc1cncc(Nc2ncc3c(Nc4cc(CNCCN5CCCC5(C)C)cnc4C)nn(C)c3n2)c1. The van der Waals surface area contributed by atoms with Gasteiger partial charge >= 0.3 is 0 Å². The van der Waals surface area contributed by atoms with Gasteiger partial charge in [0.1, 0.15) is 0 Å². The molecule has 4 aromatic rings. The zero-order chi connectivity index (χ0) is 28.3. The molecule has 0 atom stereocenters. The second-order valence-corrected chi connectivity index (χ2v) is 10.9. The number of aromatic nitrogens is 6. The van der Waals surface area contributed by atoms with E-state index in [9.17, 15) is 4.79 Å². The van der Waals surface area contributed by atoms with E-state index in [2.05, 4.69) is 71.1 Å². The van der Waals surface area contributed by atoms with Crippen molar-refractivity contribution >= 4 is 45.8 Å². The number of carbonyl (C=O) groups excluding carboxylic acids is 1. The van der Waals surface area contributed by atoms with Crippen LogP contribution in [0, 0.1) is 6.92 Å². The smallest absolute Gasteiger partial charge is 0.229 e. The summed E-state index contributed by atoms with van der Waals surface area (Å²) in [6, 6.07) is 3.88. The first kappa shape index (κ1) is 27.4. The Morgan fingerprint density at radius 3 is 2.67 bits per heavy atom. The summed E-state index contributed by atoms with van der Waals surface area (Å²) in [5.41, 5.74) is 5.08. The molecule has 0 bridgehead atoms. The Morgan fingerprint density at radius 1 is 1.07 bits per heavy atom. The molecule has 0 aromatic carbocycles. The van der Waals surface area contributed by atoms with Gasteiger partial charge in [-0.15, -0.1) is 0 Å². The third-order valence-corrected chi connectivity index (χ3v) is 7.25. The minimum absolute atomic E-state index is 0.166. The number of nitrogens with one attached hydrogen (secondary N) is 4. The van der Waals surface area contributed by atoms with Gasteiger partial charge in [-0.05, 0) is 57.9 Å². The van der Waals surface area contributed by atoms with Gasteiger partial charge in [0.15, 0.2) is 11.5 Å². The lowest BCUT2D eigenvalue weighted by Gasteiger charge is -2.31. The molecule has 5 rings (SSSR count). The predicted molar refractivity (Wildman–Crippen MR) is 157 cm³/mol. The predicted octanol–water partition coefficient (Wildman–Crippen LogP) is 3.87. The van der Waals surface area contributed by atoms with Gasteiger partial charge in [-0.25, -0.2) is 9.67 Å². The first-order valence-corrected chi connectivity index (χ1v) is 13.6. The van der Waals surface area contributed by atoms with Crippen LogP contribution >= 0.6 is 0 Å². The Hall–Kier alpha value is -4.16. The summed E-state index contributed by atoms with van der Waals surface area (Å²) in [7, 11) is 1.84. The van der Waals surface area contributed by atoms with Crippen LogP contribution in [0.3, 0.4) is 0 Å². The summed E-state index contributed by atoms with van der Waals surface area (Å²) < 4.78 is 1.71. The van der Waals surface area contributed by atoms with Crippen molar-refractivity contribution in [2.45, 2.75) is 52.6 Å². The molecule has 4 N–H and O–H groups in total. The molecule has 0 spiro atoms. The average Bonchev–Trinajstić information content (AvgIpc) is 3.40. The number of aryl methyl sites for hydroxylation is 2. The zero-order valence-electron chi connectivity index (χ0n) is 23.7. The Kier molecular flexibility index (Phi) is 7.90. The standard InChI is InChI=1S/C28H37N11O/c1-18-24(11-20(14-31-18)13-29-8-10-39-9-6-7-28(39,3)4)35-25-23-17-32-27(36-26(23)38(5)37-25)34-22-12-21(15-30-16-22)33-19(2)40/h11-12,14-17,29H,6-10,13H2,1-5H3,(H,33,40)(H,35,37)(H,32,34,36). The molecule has 210 valence electrons. The van der Waals surface area contributed by atoms with Crippen LogP contribution in [0.1, 0.15) is 44.9 Å². The highest BCUT2D eigenvalue weighted by Gasteiger charge is 2.30. The van der Waals surface area contributed by atoms with E-state index in [0.717, 1.165) is 42.0 Å². The van der Waals surface area contributed by atoms with Crippen LogP contribution in [0.2, 0.25) is 0 Å². The van der Waals surface area contributed by atoms with Gasteiger partial charge < -0.3 is 21.3 Å². The van der Waals surface area contributed by atoms with E-state index in [1.54, 1.807) is 29.3 Å². The summed E-state index contributed by atoms with van der Waals surface area (Å²) in [6.45, 7) is 12.0. The normalized spacial score (nSPS) is 14.9. The van der Waals surface area contributed by atoms with E-state index in [1.807, 2.05) is 20.2 Å². The molecule has 0 saturated carbocycles. The van der Waals surface area contributed by atoms with E-state index >= 15 is 0 Å². The second kappa shape index (κ2) is 11.5. The van der Waals surface area contributed by atoms with Gasteiger partial charge in [0, 0.05) is 51.5 Å². The minimum atomic E-state index is -0.166. The molecule has 1 aliphatic heterocycles. The first-order valence-electron chi connectivity index (χ1n) is 13.6. The summed E-state index contributed by atoms with van der Waals surface area (Å²) in [6.07, 6.45) is 9.41. The van der Waals surface area contributed by atoms with Crippen molar-refractivity contribution < 1.29 is 4.79 Å². The van der Waals surface area contributed by atoms with Crippen LogP contribution in [0.5, 0.6) is 0 Å². The zero-order valence-corrected chi connectivity index (χ0v) is 23.7. The van der Waals surface area contributed by atoms with Crippen molar-refractivity contribution in [3.8, 4) is 0 Å². The van der Waals surface area contributed by atoms with E-state index in [1.165, 1.54) is 26.3 Å². The number of likely N-dealkylation sites (tertiary alicyclic amines) is 1. The largest absolute Gasteiger partial charge is 0.337 e. The van der Waals surface area contributed by atoms with Crippen molar-refractivity contribution in [2.24, 2.45) is 7.05 Å². The number of amides is 1. The van der Waals surface area contributed by atoms with Gasteiger partial charge in [0.2, 0.25) is 11.9 Å². The summed E-state index contributed by atoms with van der Waals surface area (Å²) in [4.78, 5) is 31.8. The quantitative estimate of drug-likeness (QED) is 0.218. The number of carbonyl (C=O) groups is 1. The topological polar surface area (TPSA) is 138 Å². The minimum Gasteiger partial charge on any atom is -0.337 e. The molecule has 40 heavy (non-hydrogen) atoms. The van der Waals surface area contributed by atoms with Crippen LogP contribution in [0.25, 0.3) is 11.0 Å². The number of anilines is 5. The fraction of sp³-hybridized carbons (Fsp3) is 0.429. The van der Waals surface area contributed by atoms with Crippen molar-refractivity contribution in [1.29, 1.82) is 0 Å². The molecule has 0 unspecified atom stereocenters. The van der Waals surface area contributed by atoms with Gasteiger partial charge in [0.25, 0.3) is 0 Å². The van der Waals surface area contributed by atoms with Gasteiger partial charge in [-0.3, -0.25) is 19.7 Å². The molecule has 1 amide bonds. The Balaban J connectivity index is 1.25. The van der Waals surface area contributed by atoms with Crippen LogP contribution in [0.15, 0.2) is 36.9 Å². The fourth-order valence-corrected chi connectivity index (χ4v) is 5.05. The Bertz CT molecular complexity index is 1510. The second-order valence-electron chi connectivity index (χ2n) is 10.9. The van der Waals surface area contributed by atoms with Crippen LogP contribution in [-0.4, -0.2) is 65.7 Å². The maximum Gasteiger partial charge on any atom is 0.229 e. The highest BCUT2D eigenvalue weighted by atomic mass is 16.1. The number of pyridine rings is 2. The summed E-state index contributed by atoms with van der Waals surface area (Å²) in [5.74, 6) is 0.886. The lowest BCUT2D eigenvalue weighted by Crippen LogP contribution is -2.41. The monoisotopic (exact) mass is 543 g/mol. The number of fused-ring (bicyclic) bond motifs is 1. The van der Waals surface area contributed by atoms with Crippen molar-refractivity contribution in [2.75, 3.05) is 35.6 Å². The van der Waals surface area contributed by atoms with E-state index in [0.29, 0.717) is 34.3 Å². The van der Waals surface area contributed by atoms with Crippen LogP contribution in [0.4, 0.5) is 28.8 Å². The molecular weight excluding hydrogens is 506 g/mol. The molecule has 0 radical (unpaired) electrons. The van der Waals surface area contributed by atoms with Crippen molar-refractivity contribution in [1.82, 2.24) is 39.9 Å². The van der Waals surface area contributed by atoms with E-state index < -0.39 is 0 Å². The lowest BCUT2D eigenvalue weighted by molar-refractivity contribution is -0.114. The summed E-state index contributed by atoms with van der Waals surface area (Å²) >= 11 is 0. The Labute approximate surface area is 234 Å². The van der Waals surface area contributed by atoms with Crippen LogP contribution in [-0.2, 0) is 18.4 Å². The van der Waals surface area contributed by atoms with E-state index in [4.69, 9.17) is 0 Å². The molecule has 1 fully saturated rings. The van der Waals surface area contributed by atoms with Crippen molar-refractivity contribution in [3.63, 3.8) is 0 Å². The highest BCUT2D eigenvalue weighted by Crippen LogP contribution is 2.28. The third-order valence-electron chi connectivity index (χ3n) is 7.25. The molecular formula is C28H37N11O. The maximum atomic E-state index is 11.4. The molecule has 0 aliphatic carbocycles. The molecule has 1 saturated heterocycles. The average molecular weight is 544 g/mol. The fourth-order valence-electron chi connectivity index (χ4n) is 5.05.